The fourth-order valence-corrected chi connectivity index (χ4v) is 5.31. The zero-order valence-corrected chi connectivity index (χ0v) is 21.0. The molecule has 33 heavy (non-hydrogen) atoms. The number of hydrogen-bond acceptors (Lipinski definition) is 5. The van der Waals surface area contributed by atoms with Crippen LogP contribution in [0.5, 0.6) is 5.75 Å². The molecule has 2 saturated heterocycles. The van der Waals surface area contributed by atoms with Crippen LogP contribution in [0.1, 0.15) is 17.9 Å². The molecule has 2 aromatic carbocycles. The van der Waals surface area contributed by atoms with Crippen LogP contribution < -0.4 is 10.1 Å². The third-order valence-electron chi connectivity index (χ3n) is 6.68. The quantitative estimate of drug-likeness (QED) is 0.636. The first-order chi connectivity index (χ1) is 15.9. The summed E-state index contributed by atoms with van der Waals surface area (Å²) in [5.41, 5.74) is 2.00. The number of halogens is 1. The highest BCUT2D eigenvalue weighted by atomic mass is 79.9. The van der Waals surface area contributed by atoms with E-state index in [2.05, 4.69) is 69.4 Å². The van der Waals surface area contributed by atoms with E-state index in [-0.39, 0.29) is 12.1 Å². The van der Waals surface area contributed by atoms with Gasteiger partial charge in [0.2, 0.25) is 0 Å². The molecular weight excluding hydrogens is 484 g/mol. The number of fused-ring (bicyclic) bond motifs is 1. The van der Waals surface area contributed by atoms with Crippen LogP contribution in [0.25, 0.3) is 0 Å². The molecule has 4 atom stereocenters. The van der Waals surface area contributed by atoms with Crippen LogP contribution in [-0.4, -0.2) is 91.4 Å². The molecule has 0 aliphatic carbocycles. The standard InChI is InChI=1S/C25H33BrN4O3/c1-28(2)15-22-24(17-4-6-18(26)7-5-17)23-16-29(13-12-20(31)14-30(22)23)25(32)27-19-8-10-21(33-3)11-9-19/h4-11,20,22-24,31H,12-16H2,1-3H3,(H,27,32)/t20?,22-,23?,24?/m1/s1. The monoisotopic (exact) mass is 516 g/mol. The summed E-state index contributed by atoms with van der Waals surface area (Å²) in [6.45, 7) is 2.70. The third-order valence-corrected chi connectivity index (χ3v) is 7.21. The van der Waals surface area contributed by atoms with E-state index >= 15 is 0 Å². The topological polar surface area (TPSA) is 68.3 Å². The summed E-state index contributed by atoms with van der Waals surface area (Å²) in [5, 5.41) is 13.7. The number of ether oxygens (including phenoxy) is 1. The molecule has 0 aromatic heterocycles. The van der Waals surface area contributed by atoms with Crippen molar-refractivity contribution in [2.45, 2.75) is 30.5 Å². The average molecular weight is 517 g/mol. The van der Waals surface area contributed by atoms with E-state index in [1.165, 1.54) is 5.56 Å². The highest BCUT2D eigenvalue weighted by Crippen LogP contribution is 2.42. The zero-order chi connectivity index (χ0) is 23.5. The molecule has 8 heteroatoms. The molecule has 2 aliphatic heterocycles. The maximum atomic E-state index is 13.2. The first kappa shape index (κ1) is 24.0. The number of amides is 2. The molecule has 0 spiro atoms. The van der Waals surface area contributed by atoms with Gasteiger partial charge in [-0.15, -0.1) is 0 Å². The molecule has 3 unspecified atom stereocenters. The summed E-state index contributed by atoms with van der Waals surface area (Å²) in [5.74, 6) is 1.04. The molecular formula is C25H33BrN4O3. The molecule has 2 fully saturated rings. The Balaban J connectivity index is 1.55. The molecule has 0 bridgehead atoms. The van der Waals surface area contributed by atoms with Gasteiger partial charge in [0.25, 0.3) is 0 Å². The minimum absolute atomic E-state index is 0.139. The lowest BCUT2D eigenvalue weighted by Crippen LogP contribution is -2.70. The van der Waals surface area contributed by atoms with Gasteiger partial charge in [-0.05, 0) is 62.5 Å². The second kappa shape index (κ2) is 10.4. The maximum Gasteiger partial charge on any atom is 0.321 e. The molecule has 2 aliphatic rings. The van der Waals surface area contributed by atoms with Crippen molar-refractivity contribution in [1.82, 2.24) is 14.7 Å². The summed E-state index contributed by atoms with van der Waals surface area (Å²) >= 11 is 3.54. The second-order valence-electron chi connectivity index (χ2n) is 9.22. The summed E-state index contributed by atoms with van der Waals surface area (Å²) in [4.78, 5) is 19.6. The van der Waals surface area contributed by atoms with Crippen molar-refractivity contribution in [2.24, 2.45) is 0 Å². The van der Waals surface area contributed by atoms with Gasteiger partial charge in [0, 0.05) is 54.3 Å². The first-order valence-electron chi connectivity index (χ1n) is 11.4. The minimum atomic E-state index is -0.459. The van der Waals surface area contributed by atoms with Gasteiger partial charge >= 0.3 is 6.03 Å². The fourth-order valence-electron chi connectivity index (χ4n) is 5.04. The van der Waals surface area contributed by atoms with E-state index in [0.717, 1.165) is 22.5 Å². The predicted octanol–water partition coefficient (Wildman–Crippen LogP) is 3.45. The van der Waals surface area contributed by atoms with Crippen molar-refractivity contribution >= 4 is 27.6 Å². The van der Waals surface area contributed by atoms with E-state index in [0.29, 0.717) is 38.0 Å². The number of aliphatic hydroxyl groups excluding tert-OH is 1. The Morgan fingerprint density at radius 1 is 1.15 bits per heavy atom. The summed E-state index contributed by atoms with van der Waals surface area (Å²) < 4.78 is 6.26. The molecule has 0 saturated carbocycles. The molecule has 0 radical (unpaired) electrons. The van der Waals surface area contributed by atoms with Gasteiger partial charge in [0.05, 0.1) is 13.2 Å². The summed E-state index contributed by atoms with van der Waals surface area (Å²) in [6.07, 6.45) is 0.108. The van der Waals surface area contributed by atoms with Crippen molar-refractivity contribution in [1.29, 1.82) is 0 Å². The molecule has 2 heterocycles. The third kappa shape index (κ3) is 5.51. The van der Waals surface area contributed by atoms with Gasteiger partial charge in [0.1, 0.15) is 5.75 Å². The maximum absolute atomic E-state index is 13.2. The lowest BCUT2D eigenvalue weighted by molar-refractivity contribution is -0.0735. The molecule has 2 amide bonds. The Hall–Kier alpha value is -2.13. The van der Waals surface area contributed by atoms with Crippen molar-refractivity contribution in [3.8, 4) is 5.75 Å². The largest absolute Gasteiger partial charge is 0.497 e. The van der Waals surface area contributed by atoms with E-state index in [4.69, 9.17) is 4.74 Å². The van der Waals surface area contributed by atoms with Crippen molar-refractivity contribution in [3.63, 3.8) is 0 Å². The summed E-state index contributed by atoms with van der Waals surface area (Å²) in [7, 11) is 5.79. The molecule has 2 aromatic rings. The summed E-state index contributed by atoms with van der Waals surface area (Å²) in [6, 6.07) is 16.2. The Morgan fingerprint density at radius 2 is 1.85 bits per heavy atom. The number of carbonyl (C=O) groups excluding carboxylic acids is 1. The van der Waals surface area contributed by atoms with Gasteiger partial charge in [-0.2, -0.15) is 0 Å². The number of nitrogens with one attached hydrogen (secondary N) is 1. The van der Waals surface area contributed by atoms with Crippen molar-refractivity contribution in [3.05, 3.63) is 58.6 Å². The second-order valence-corrected chi connectivity index (χ2v) is 10.1. The SMILES string of the molecule is COc1ccc(NC(=O)N2CCC(O)CN3C(C2)C(c2ccc(Br)cc2)[C@H]3CN(C)C)cc1. The Morgan fingerprint density at radius 3 is 2.48 bits per heavy atom. The highest BCUT2D eigenvalue weighted by Gasteiger charge is 2.50. The van der Waals surface area contributed by atoms with Gasteiger partial charge in [-0.3, -0.25) is 4.90 Å². The first-order valence-corrected chi connectivity index (χ1v) is 12.2. The lowest BCUT2D eigenvalue weighted by Gasteiger charge is -2.58. The number of anilines is 1. The van der Waals surface area contributed by atoms with Gasteiger partial charge in [0.15, 0.2) is 0 Å². The van der Waals surface area contributed by atoms with Gasteiger partial charge < -0.3 is 25.0 Å². The molecule has 178 valence electrons. The van der Waals surface area contributed by atoms with Crippen LogP contribution in [0.3, 0.4) is 0 Å². The van der Waals surface area contributed by atoms with Gasteiger partial charge in [-0.1, -0.05) is 28.1 Å². The Bertz CT molecular complexity index is 938. The number of hydrogen-bond donors (Lipinski definition) is 2. The number of urea groups is 1. The normalized spacial score (nSPS) is 25.6. The Kier molecular flexibility index (Phi) is 7.58. The van der Waals surface area contributed by atoms with Crippen LogP contribution in [-0.2, 0) is 0 Å². The van der Waals surface area contributed by atoms with E-state index in [1.54, 1.807) is 7.11 Å². The van der Waals surface area contributed by atoms with Crippen LogP contribution in [0.4, 0.5) is 10.5 Å². The Labute approximate surface area is 204 Å². The predicted molar refractivity (Wildman–Crippen MR) is 134 cm³/mol. The van der Waals surface area contributed by atoms with Crippen molar-refractivity contribution in [2.75, 3.05) is 52.7 Å². The van der Waals surface area contributed by atoms with E-state index in [1.807, 2.05) is 29.2 Å². The number of carbonyl (C=O) groups is 1. The fraction of sp³-hybridized carbons (Fsp3) is 0.480. The lowest BCUT2D eigenvalue weighted by atomic mass is 9.73. The number of likely N-dealkylation sites (N-methyl/N-ethyl adjacent to an activating group) is 1. The van der Waals surface area contributed by atoms with E-state index < -0.39 is 6.10 Å². The average Bonchev–Trinajstić information content (AvgIpc) is 2.79. The van der Waals surface area contributed by atoms with E-state index in [9.17, 15) is 9.90 Å². The number of aliphatic hydroxyl groups is 1. The number of rotatable bonds is 5. The van der Waals surface area contributed by atoms with Crippen LogP contribution in [0.2, 0.25) is 0 Å². The smallest absolute Gasteiger partial charge is 0.321 e. The van der Waals surface area contributed by atoms with Crippen molar-refractivity contribution < 1.29 is 14.6 Å². The molecule has 7 nitrogen and oxygen atoms in total. The number of benzene rings is 2. The van der Waals surface area contributed by atoms with Crippen LogP contribution >= 0.6 is 15.9 Å². The minimum Gasteiger partial charge on any atom is -0.497 e. The number of nitrogens with zero attached hydrogens (tertiary/aromatic N) is 3. The number of methoxy groups -OCH3 is 1. The molecule has 4 rings (SSSR count). The molecule has 2 N–H and O–H groups in total. The van der Waals surface area contributed by atoms with Crippen LogP contribution in [0, 0.1) is 0 Å². The highest BCUT2D eigenvalue weighted by molar-refractivity contribution is 9.10. The van der Waals surface area contributed by atoms with Gasteiger partial charge in [-0.25, -0.2) is 4.79 Å². The van der Waals surface area contributed by atoms with Crippen LogP contribution in [0.15, 0.2) is 53.0 Å². The zero-order valence-electron chi connectivity index (χ0n) is 19.4.